The Morgan fingerprint density at radius 2 is 1.75 bits per heavy atom. The van der Waals surface area contributed by atoms with E-state index in [1.54, 1.807) is 7.05 Å². The van der Waals surface area contributed by atoms with Gasteiger partial charge in [-0.2, -0.15) is 0 Å². The standard InChI is InChI=1S/C18H37N5O3S.HI/c1-16(2)14-17(23-6-10-26-11-7-23)15-21-18(19-3)20-4-5-22-8-12-27(24,25)13-9-22;/h16-17H,4-15H2,1-3H3,(H2,19,20,21);1H. The van der Waals surface area contributed by atoms with Crippen molar-refractivity contribution in [3.05, 3.63) is 0 Å². The number of hydrogen-bond donors (Lipinski definition) is 2. The fourth-order valence-electron chi connectivity index (χ4n) is 3.59. The van der Waals surface area contributed by atoms with Crippen LogP contribution in [0.1, 0.15) is 20.3 Å². The van der Waals surface area contributed by atoms with Gasteiger partial charge in [0.05, 0.1) is 24.7 Å². The van der Waals surface area contributed by atoms with Crippen molar-refractivity contribution in [3.63, 3.8) is 0 Å². The summed E-state index contributed by atoms with van der Waals surface area (Å²) in [6, 6.07) is 0.472. The molecule has 0 bridgehead atoms. The largest absolute Gasteiger partial charge is 0.379 e. The van der Waals surface area contributed by atoms with Gasteiger partial charge in [0.25, 0.3) is 0 Å². The van der Waals surface area contributed by atoms with Crippen molar-refractivity contribution in [2.45, 2.75) is 26.3 Å². The van der Waals surface area contributed by atoms with Crippen LogP contribution in [-0.4, -0.2) is 108 Å². The Morgan fingerprint density at radius 3 is 2.32 bits per heavy atom. The highest BCUT2D eigenvalue weighted by Gasteiger charge is 2.23. The summed E-state index contributed by atoms with van der Waals surface area (Å²) < 4.78 is 28.5. The van der Waals surface area contributed by atoms with Gasteiger partial charge in [0, 0.05) is 58.9 Å². The van der Waals surface area contributed by atoms with Crippen LogP contribution < -0.4 is 10.6 Å². The molecule has 2 saturated heterocycles. The van der Waals surface area contributed by atoms with E-state index in [0.29, 0.717) is 25.0 Å². The maximum atomic E-state index is 11.5. The van der Waals surface area contributed by atoms with Crippen LogP contribution in [0.5, 0.6) is 0 Å². The molecular weight excluding hydrogens is 493 g/mol. The first-order chi connectivity index (χ1) is 12.9. The number of hydrogen-bond acceptors (Lipinski definition) is 6. The SMILES string of the molecule is CN=C(NCCN1CCS(=O)(=O)CC1)NCC(CC(C)C)N1CCOCC1.I. The fourth-order valence-corrected chi connectivity index (χ4v) is 4.87. The fraction of sp³-hybridized carbons (Fsp3) is 0.944. The predicted octanol–water partition coefficient (Wildman–Crippen LogP) is 0.247. The number of sulfone groups is 1. The van der Waals surface area contributed by atoms with E-state index in [9.17, 15) is 8.42 Å². The highest BCUT2D eigenvalue weighted by atomic mass is 127. The Morgan fingerprint density at radius 1 is 1.11 bits per heavy atom. The number of nitrogens with zero attached hydrogens (tertiary/aromatic N) is 3. The summed E-state index contributed by atoms with van der Waals surface area (Å²) in [6.07, 6.45) is 1.15. The lowest BCUT2D eigenvalue weighted by atomic mass is 10.0. The minimum atomic E-state index is -2.81. The summed E-state index contributed by atoms with van der Waals surface area (Å²) in [5.74, 6) is 2.00. The summed E-state index contributed by atoms with van der Waals surface area (Å²) >= 11 is 0. The molecule has 0 amide bonds. The van der Waals surface area contributed by atoms with E-state index >= 15 is 0 Å². The maximum absolute atomic E-state index is 11.5. The average molecular weight is 532 g/mol. The lowest BCUT2D eigenvalue weighted by Crippen LogP contribution is -2.51. The molecule has 8 nitrogen and oxygen atoms in total. The number of aliphatic imine (C=N–C) groups is 1. The van der Waals surface area contributed by atoms with E-state index in [1.165, 1.54) is 0 Å². The summed E-state index contributed by atoms with van der Waals surface area (Å²) in [7, 11) is -1.03. The molecule has 2 fully saturated rings. The van der Waals surface area contributed by atoms with Gasteiger partial charge in [-0.3, -0.25) is 14.8 Å². The van der Waals surface area contributed by atoms with Crippen LogP contribution >= 0.6 is 24.0 Å². The van der Waals surface area contributed by atoms with Crippen molar-refractivity contribution in [1.29, 1.82) is 0 Å². The van der Waals surface area contributed by atoms with Gasteiger partial charge in [-0.1, -0.05) is 13.8 Å². The molecule has 2 N–H and O–H groups in total. The molecule has 0 radical (unpaired) electrons. The minimum absolute atomic E-state index is 0. The van der Waals surface area contributed by atoms with E-state index in [0.717, 1.165) is 58.3 Å². The molecule has 0 aromatic heterocycles. The number of ether oxygens (including phenoxy) is 1. The van der Waals surface area contributed by atoms with Crippen LogP contribution in [0.15, 0.2) is 4.99 Å². The van der Waals surface area contributed by atoms with Crippen LogP contribution in [0.4, 0.5) is 0 Å². The molecular formula is C18H38IN5O3S. The Labute approximate surface area is 187 Å². The van der Waals surface area contributed by atoms with Crippen LogP contribution in [0.2, 0.25) is 0 Å². The molecule has 2 aliphatic rings. The maximum Gasteiger partial charge on any atom is 0.191 e. The van der Waals surface area contributed by atoms with Crippen LogP contribution in [0.3, 0.4) is 0 Å². The van der Waals surface area contributed by atoms with Crippen molar-refractivity contribution < 1.29 is 13.2 Å². The summed E-state index contributed by atoms with van der Waals surface area (Å²) in [4.78, 5) is 9.03. The topological polar surface area (TPSA) is 86.3 Å². The van der Waals surface area contributed by atoms with Crippen LogP contribution in [-0.2, 0) is 14.6 Å². The van der Waals surface area contributed by atoms with Gasteiger partial charge < -0.3 is 15.4 Å². The Hall–Kier alpha value is -0.170. The number of morpholine rings is 1. The third-order valence-corrected chi connectivity index (χ3v) is 6.80. The Balaban J connectivity index is 0.00000392. The molecule has 0 spiro atoms. The molecule has 2 rings (SSSR count). The molecule has 0 saturated carbocycles. The molecule has 0 aromatic carbocycles. The third-order valence-electron chi connectivity index (χ3n) is 5.19. The lowest BCUT2D eigenvalue weighted by molar-refractivity contribution is 0.0132. The van der Waals surface area contributed by atoms with Crippen molar-refractivity contribution in [1.82, 2.24) is 20.4 Å². The highest BCUT2D eigenvalue weighted by Crippen LogP contribution is 2.13. The lowest BCUT2D eigenvalue weighted by Gasteiger charge is -2.35. The zero-order valence-electron chi connectivity index (χ0n) is 17.5. The van der Waals surface area contributed by atoms with Gasteiger partial charge in [-0.05, 0) is 12.3 Å². The quantitative estimate of drug-likeness (QED) is 0.264. The number of guanidine groups is 1. The summed E-state index contributed by atoms with van der Waals surface area (Å²) in [5.41, 5.74) is 0. The second kappa shape index (κ2) is 13.2. The van der Waals surface area contributed by atoms with Crippen molar-refractivity contribution in [2.75, 3.05) is 77.6 Å². The van der Waals surface area contributed by atoms with E-state index in [1.807, 2.05) is 0 Å². The smallest absolute Gasteiger partial charge is 0.191 e. The third kappa shape index (κ3) is 9.55. The molecule has 0 aliphatic carbocycles. The monoisotopic (exact) mass is 531 g/mol. The zero-order chi connectivity index (χ0) is 19.7. The normalized spacial score (nSPS) is 22.5. The van der Waals surface area contributed by atoms with E-state index in [4.69, 9.17) is 4.74 Å². The first-order valence-electron chi connectivity index (χ1n) is 10.1. The first-order valence-corrected chi connectivity index (χ1v) is 11.9. The van der Waals surface area contributed by atoms with Crippen LogP contribution in [0.25, 0.3) is 0 Å². The highest BCUT2D eigenvalue weighted by molar-refractivity contribution is 14.0. The molecule has 2 aliphatic heterocycles. The van der Waals surface area contributed by atoms with E-state index < -0.39 is 9.84 Å². The van der Waals surface area contributed by atoms with E-state index in [2.05, 4.69) is 39.3 Å². The average Bonchev–Trinajstić information content (AvgIpc) is 2.65. The summed E-state index contributed by atoms with van der Waals surface area (Å²) in [6.45, 7) is 11.8. The molecule has 1 atom stereocenters. The van der Waals surface area contributed by atoms with Gasteiger partial charge in [-0.15, -0.1) is 24.0 Å². The molecule has 28 heavy (non-hydrogen) atoms. The van der Waals surface area contributed by atoms with Crippen molar-refractivity contribution >= 4 is 39.8 Å². The van der Waals surface area contributed by atoms with Crippen LogP contribution in [0, 0.1) is 5.92 Å². The second-order valence-corrected chi connectivity index (χ2v) is 10.1. The molecule has 2 heterocycles. The van der Waals surface area contributed by atoms with E-state index in [-0.39, 0.29) is 35.5 Å². The number of halogens is 1. The predicted molar refractivity (Wildman–Crippen MR) is 126 cm³/mol. The molecule has 10 heteroatoms. The van der Waals surface area contributed by atoms with Gasteiger partial charge in [0.2, 0.25) is 0 Å². The Kier molecular flexibility index (Phi) is 12.2. The molecule has 0 aromatic rings. The number of nitrogens with one attached hydrogen (secondary N) is 2. The van der Waals surface area contributed by atoms with Gasteiger partial charge in [-0.25, -0.2) is 8.42 Å². The zero-order valence-corrected chi connectivity index (χ0v) is 20.7. The first kappa shape index (κ1) is 25.9. The Bertz CT molecular complexity index is 554. The second-order valence-electron chi connectivity index (χ2n) is 7.81. The van der Waals surface area contributed by atoms with Gasteiger partial charge >= 0.3 is 0 Å². The minimum Gasteiger partial charge on any atom is -0.379 e. The van der Waals surface area contributed by atoms with Crippen molar-refractivity contribution in [2.24, 2.45) is 10.9 Å². The molecule has 166 valence electrons. The van der Waals surface area contributed by atoms with Gasteiger partial charge in [0.1, 0.15) is 0 Å². The van der Waals surface area contributed by atoms with Crippen molar-refractivity contribution in [3.8, 4) is 0 Å². The number of rotatable bonds is 8. The van der Waals surface area contributed by atoms with Gasteiger partial charge in [0.15, 0.2) is 15.8 Å². The molecule has 1 unspecified atom stereocenters. The summed E-state index contributed by atoms with van der Waals surface area (Å²) in [5, 5.41) is 6.82.